The summed E-state index contributed by atoms with van der Waals surface area (Å²) in [5, 5.41) is 22.9. The predicted molar refractivity (Wildman–Crippen MR) is 123 cm³/mol. The molecule has 1 aliphatic rings. The Hall–Kier alpha value is -4.21. The van der Waals surface area contributed by atoms with Crippen molar-refractivity contribution < 1.29 is 9.85 Å². The van der Waals surface area contributed by atoms with Gasteiger partial charge in [-0.25, -0.2) is 15.0 Å². The van der Waals surface area contributed by atoms with Crippen LogP contribution in [0.2, 0.25) is 0 Å². The number of nitrogens with zero attached hydrogens (tertiary/aromatic N) is 6. The number of hydrogen-bond acceptors (Lipinski definition) is 7. The highest BCUT2D eigenvalue weighted by molar-refractivity contribution is 5.85. The van der Waals surface area contributed by atoms with Gasteiger partial charge in [0.05, 0.1) is 26.9 Å². The van der Waals surface area contributed by atoms with Crippen molar-refractivity contribution in [3.8, 4) is 11.4 Å². The standard InChI is InChI=1S/C23H20N6O4/c30-28(31)17-12-16(13-18(14-17)29(32)33)22-26-21-23(25-20-9-5-4-8-19(20)24-21)27(22)11-10-15-6-2-1-3-7-15/h4-6,8-9,12-14H,1-3,7,10-11H2. The summed E-state index contributed by atoms with van der Waals surface area (Å²) < 4.78 is 1.87. The summed E-state index contributed by atoms with van der Waals surface area (Å²) in [6.07, 6.45) is 7.50. The Morgan fingerprint density at radius 1 is 0.909 bits per heavy atom. The molecular weight excluding hydrogens is 424 g/mol. The van der Waals surface area contributed by atoms with Gasteiger partial charge in [0.1, 0.15) is 5.82 Å². The molecule has 0 saturated heterocycles. The molecule has 10 heteroatoms. The Kier molecular flexibility index (Phi) is 5.25. The van der Waals surface area contributed by atoms with Crippen LogP contribution in [0.15, 0.2) is 54.1 Å². The van der Waals surface area contributed by atoms with Gasteiger partial charge in [0.15, 0.2) is 11.3 Å². The van der Waals surface area contributed by atoms with Crippen molar-refractivity contribution in [2.24, 2.45) is 0 Å². The third kappa shape index (κ3) is 4.02. The fourth-order valence-electron chi connectivity index (χ4n) is 4.25. The number of rotatable bonds is 6. The maximum atomic E-state index is 11.4. The molecule has 33 heavy (non-hydrogen) atoms. The van der Waals surface area contributed by atoms with E-state index in [1.54, 1.807) is 0 Å². The van der Waals surface area contributed by atoms with Gasteiger partial charge in [0.2, 0.25) is 0 Å². The molecule has 0 bridgehead atoms. The molecule has 5 rings (SSSR count). The third-order valence-electron chi connectivity index (χ3n) is 5.88. The maximum absolute atomic E-state index is 11.4. The zero-order chi connectivity index (χ0) is 22.9. The SMILES string of the molecule is O=[N+]([O-])c1cc(-c2nc3nc4ccccc4nc3n2CCC2=CCCCC2)cc([N+](=O)[O-])c1. The number of aromatic nitrogens is 4. The highest BCUT2D eigenvalue weighted by Gasteiger charge is 2.22. The second kappa shape index (κ2) is 8.38. The van der Waals surface area contributed by atoms with Crippen LogP contribution in [0.1, 0.15) is 32.1 Å². The number of nitro benzene ring substituents is 2. The molecule has 0 amide bonds. The highest BCUT2D eigenvalue weighted by Crippen LogP contribution is 2.32. The first-order chi connectivity index (χ1) is 16.0. The number of para-hydroxylation sites is 2. The van der Waals surface area contributed by atoms with Crippen LogP contribution >= 0.6 is 0 Å². The number of hydrogen-bond donors (Lipinski definition) is 0. The molecule has 0 atom stereocenters. The summed E-state index contributed by atoms with van der Waals surface area (Å²) in [5.74, 6) is 0.378. The first kappa shape index (κ1) is 20.7. The molecule has 0 saturated carbocycles. The lowest BCUT2D eigenvalue weighted by Gasteiger charge is -2.14. The van der Waals surface area contributed by atoms with E-state index in [9.17, 15) is 20.2 Å². The molecule has 2 aromatic carbocycles. The number of aryl methyl sites for hydroxylation is 1. The van der Waals surface area contributed by atoms with Crippen molar-refractivity contribution in [3.63, 3.8) is 0 Å². The van der Waals surface area contributed by atoms with Crippen LogP contribution in [0.5, 0.6) is 0 Å². The van der Waals surface area contributed by atoms with Gasteiger partial charge in [-0.1, -0.05) is 23.8 Å². The highest BCUT2D eigenvalue weighted by atomic mass is 16.6. The molecule has 0 fully saturated rings. The van der Waals surface area contributed by atoms with Crippen molar-refractivity contribution in [1.29, 1.82) is 0 Å². The second-order valence-electron chi connectivity index (χ2n) is 8.06. The summed E-state index contributed by atoms with van der Waals surface area (Å²) in [5.41, 5.74) is 3.26. The number of nitro groups is 2. The zero-order valence-corrected chi connectivity index (χ0v) is 17.7. The van der Waals surface area contributed by atoms with E-state index in [1.807, 2.05) is 28.8 Å². The van der Waals surface area contributed by atoms with Gasteiger partial charge in [-0.2, -0.15) is 0 Å². The first-order valence-corrected chi connectivity index (χ1v) is 10.7. The van der Waals surface area contributed by atoms with E-state index in [2.05, 4.69) is 16.0 Å². The number of fused-ring (bicyclic) bond motifs is 2. The van der Waals surface area contributed by atoms with Gasteiger partial charge < -0.3 is 4.57 Å². The van der Waals surface area contributed by atoms with Crippen molar-refractivity contribution in [2.45, 2.75) is 38.6 Å². The number of non-ortho nitro benzene ring substituents is 2. The van der Waals surface area contributed by atoms with Gasteiger partial charge in [-0.3, -0.25) is 20.2 Å². The minimum absolute atomic E-state index is 0.289. The zero-order valence-electron chi connectivity index (χ0n) is 17.7. The fourth-order valence-corrected chi connectivity index (χ4v) is 4.25. The van der Waals surface area contributed by atoms with Gasteiger partial charge in [-0.05, 0) is 44.2 Å². The normalized spacial score (nSPS) is 13.9. The van der Waals surface area contributed by atoms with Crippen molar-refractivity contribution >= 4 is 33.7 Å². The number of imidazole rings is 1. The number of allylic oxidation sites excluding steroid dienone is 2. The van der Waals surface area contributed by atoms with E-state index in [0.717, 1.165) is 31.7 Å². The van der Waals surface area contributed by atoms with Crippen molar-refractivity contribution in [3.05, 3.63) is 74.3 Å². The largest absolute Gasteiger partial charge is 0.307 e. The summed E-state index contributed by atoms with van der Waals surface area (Å²) in [7, 11) is 0. The Balaban J connectivity index is 1.70. The number of benzene rings is 2. The molecule has 166 valence electrons. The Bertz CT molecular complexity index is 1410. The summed E-state index contributed by atoms with van der Waals surface area (Å²) in [6.45, 7) is 0.543. The second-order valence-corrected chi connectivity index (χ2v) is 8.06. The van der Waals surface area contributed by atoms with E-state index in [0.29, 0.717) is 34.7 Å². The topological polar surface area (TPSA) is 130 Å². The molecular formula is C23H20N6O4. The molecule has 4 aromatic rings. The molecule has 0 aliphatic heterocycles. The average molecular weight is 444 g/mol. The molecule has 10 nitrogen and oxygen atoms in total. The molecule has 2 aromatic heterocycles. The maximum Gasteiger partial charge on any atom is 0.277 e. The monoisotopic (exact) mass is 444 g/mol. The molecule has 2 heterocycles. The first-order valence-electron chi connectivity index (χ1n) is 10.7. The van der Waals surface area contributed by atoms with Crippen LogP contribution < -0.4 is 0 Å². The van der Waals surface area contributed by atoms with Gasteiger partial charge in [0.25, 0.3) is 11.4 Å². The summed E-state index contributed by atoms with van der Waals surface area (Å²) in [4.78, 5) is 35.6. The quantitative estimate of drug-likeness (QED) is 0.222. The lowest BCUT2D eigenvalue weighted by Crippen LogP contribution is -2.05. The predicted octanol–water partition coefficient (Wildman–Crippen LogP) is 5.35. The lowest BCUT2D eigenvalue weighted by molar-refractivity contribution is -0.394. The third-order valence-corrected chi connectivity index (χ3v) is 5.88. The molecule has 0 N–H and O–H groups in total. The van der Waals surface area contributed by atoms with E-state index in [-0.39, 0.29) is 16.9 Å². The van der Waals surface area contributed by atoms with Gasteiger partial charge in [-0.15, -0.1) is 0 Å². The molecule has 0 spiro atoms. The molecule has 0 radical (unpaired) electrons. The average Bonchev–Trinajstić information content (AvgIpc) is 3.18. The fraction of sp³-hybridized carbons (Fsp3) is 0.261. The van der Waals surface area contributed by atoms with E-state index < -0.39 is 9.85 Å². The van der Waals surface area contributed by atoms with Gasteiger partial charge >= 0.3 is 0 Å². The Morgan fingerprint density at radius 3 is 2.24 bits per heavy atom. The van der Waals surface area contributed by atoms with Crippen LogP contribution in [0.25, 0.3) is 33.7 Å². The van der Waals surface area contributed by atoms with Gasteiger partial charge in [0, 0.05) is 24.2 Å². The van der Waals surface area contributed by atoms with E-state index >= 15 is 0 Å². The summed E-state index contributed by atoms with van der Waals surface area (Å²) in [6, 6.07) is 11.0. The van der Waals surface area contributed by atoms with Crippen LogP contribution in [-0.4, -0.2) is 29.4 Å². The Morgan fingerprint density at radius 2 is 1.61 bits per heavy atom. The minimum atomic E-state index is -0.638. The lowest BCUT2D eigenvalue weighted by atomic mass is 9.97. The van der Waals surface area contributed by atoms with Crippen LogP contribution in [0.3, 0.4) is 0 Å². The van der Waals surface area contributed by atoms with Crippen LogP contribution in [0.4, 0.5) is 11.4 Å². The van der Waals surface area contributed by atoms with E-state index in [1.165, 1.54) is 24.1 Å². The molecule has 1 aliphatic carbocycles. The van der Waals surface area contributed by atoms with Crippen molar-refractivity contribution in [2.75, 3.05) is 0 Å². The minimum Gasteiger partial charge on any atom is -0.307 e. The smallest absolute Gasteiger partial charge is 0.277 e. The van der Waals surface area contributed by atoms with Crippen molar-refractivity contribution in [1.82, 2.24) is 19.5 Å². The Labute approximate surface area is 187 Å². The van der Waals surface area contributed by atoms with Crippen LogP contribution in [-0.2, 0) is 6.54 Å². The van der Waals surface area contributed by atoms with Crippen LogP contribution in [0, 0.1) is 20.2 Å². The van der Waals surface area contributed by atoms with E-state index in [4.69, 9.17) is 4.98 Å². The molecule has 0 unspecified atom stereocenters. The summed E-state index contributed by atoms with van der Waals surface area (Å²) >= 11 is 0.